The van der Waals surface area contributed by atoms with Gasteiger partial charge in [-0.1, -0.05) is 0 Å². The molecule has 2 saturated carbocycles. The number of hydrogen-bond donors (Lipinski definition) is 3. The van der Waals surface area contributed by atoms with Crippen molar-refractivity contribution in [1.82, 2.24) is 5.32 Å². The van der Waals surface area contributed by atoms with Crippen molar-refractivity contribution < 1.29 is 15.0 Å². The van der Waals surface area contributed by atoms with Crippen molar-refractivity contribution in [2.75, 3.05) is 0 Å². The molecule has 0 aliphatic heterocycles. The van der Waals surface area contributed by atoms with Gasteiger partial charge >= 0.3 is 6.09 Å². The molecule has 2 rings (SSSR count). The Morgan fingerprint density at radius 3 is 2.36 bits per heavy atom. The monoisotopic (exact) mass is 157 g/mol. The highest BCUT2D eigenvalue weighted by atomic mass is 16.4. The maximum Gasteiger partial charge on any atom is 0.404 e. The van der Waals surface area contributed by atoms with Gasteiger partial charge in [0.1, 0.15) is 0 Å². The molecule has 0 heterocycles. The van der Waals surface area contributed by atoms with E-state index in [9.17, 15) is 4.79 Å². The summed E-state index contributed by atoms with van der Waals surface area (Å²) in [6, 6.07) is 0.135. The van der Waals surface area contributed by atoms with Crippen LogP contribution in [0.1, 0.15) is 12.8 Å². The van der Waals surface area contributed by atoms with E-state index in [4.69, 9.17) is 10.2 Å². The van der Waals surface area contributed by atoms with Gasteiger partial charge in [-0.3, -0.25) is 0 Å². The van der Waals surface area contributed by atoms with Crippen molar-refractivity contribution in [2.24, 2.45) is 11.8 Å². The van der Waals surface area contributed by atoms with Gasteiger partial charge in [-0.05, 0) is 24.7 Å². The highest BCUT2D eigenvalue weighted by molar-refractivity contribution is 5.65. The second-order valence-electron chi connectivity index (χ2n) is 3.43. The van der Waals surface area contributed by atoms with E-state index in [0.717, 1.165) is 12.8 Å². The average molecular weight is 157 g/mol. The first-order chi connectivity index (χ1) is 5.18. The summed E-state index contributed by atoms with van der Waals surface area (Å²) in [5.41, 5.74) is 0. The molecule has 0 saturated heterocycles. The Bertz CT molecular complexity index is 182. The molecule has 0 spiro atoms. The van der Waals surface area contributed by atoms with Crippen molar-refractivity contribution in [3.8, 4) is 0 Å². The fourth-order valence-corrected chi connectivity index (χ4v) is 2.17. The molecule has 0 aromatic rings. The van der Waals surface area contributed by atoms with E-state index in [0.29, 0.717) is 11.8 Å². The highest BCUT2D eigenvalue weighted by Gasteiger charge is 2.56. The predicted octanol–water partition coefficient (Wildman–Crippen LogP) is 0.0233. The van der Waals surface area contributed by atoms with Crippen LogP contribution in [0.2, 0.25) is 0 Å². The minimum absolute atomic E-state index is 0.135. The van der Waals surface area contributed by atoms with E-state index in [2.05, 4.69) is 5.32 Å². The lowest BCUT2D eigenvalue weighted by molar-refractivity contribution is 0.159. The summed E-state index contributed by atoms with van der Waals surface area (Å²) in [5, 5.41) is 19.9. The van der Waals surface area contributed by atoms with Crippen LogP contribution >= 0.6 is 0 Å². The van der Waals surface area contributed by atoms with Crippen LogP contribution in [-0.2, 0) is 0 Å². The summed E-state index contributed by atoms with van der Waals surface area (Å²) in [4.78, 5) is 10.2. The third-order valence-electron chi connectivity index (χ3n) is 2.71. The van der Waals surface area contributed by atoms with Crippen LogP contribution in [0, 0.1) is 11.8 Å². The van der Waals surface area contributed by atoms with Gasteiger partial charge in [0, 0.05) is 6.04 Å². The number of hydrogen-bond acceptors (Lipinski definition) is 2. The van der Waals surface area contributed by atoms with Crippen LogP contribution in [-0.4, -0.2) is 28.5 Å². The Balaban J connectivity index is 1.83. The molecular weight excluding hydrogens is 146 g/mol. The molecule has 4 heteroatoms. The smallest absolute Gasteiger partial charge is 0.404 e. The highest BCUT2D eigenvalue weighted by Crippen LogP contribution is 2.51. The van der Waals surface area contributed by atoms with Crippen molar-refractivity contribution >= 4 is 6.09 Å². The van der Waals surface area contributed by atoms with Gasteiger partial charge in [0.05, 0.1) is 6.10 Å². The SMILES string of the molecule is O=C(O)NC1C2CC(O)CC21. The number of carbonyl (C=O) groups is 1. The van der Waals surface area contributed by atoms with Crippen molar-refractivity contribution in [3.05, 3.63) is 0 Å². The average Bonchev–Trinajstić information content (AvgIpc) is 2.43. The Morgan fingerprint density at radius 1 is 1.36 bits per heavy atom. The van der Waals surface area contributed by atoms with Gasteiger partial charge in [-0.2, -0.15) is 0 Å². The largest absolute Gasteiger partial charge is 0.465 e. The second-order valence-corrected chi connectivity index (χ2v) is 3.43. The molecule has 2 fully saturated rings. The quantitative estimate of drug-likeness (QED) is 0.502. The Morgan fingerprint density at radius 2 is 1.91 bits per heavy atom. The van der Waals surface area contributed by atoms with Crippen LogP contribution in [0.5, 0.6) is 0 Å². The fraction of sp³-hybridized carbons (Fsp3) is 0.857. The van der Waals surface area contributed by atoms with E-state index in [1.807, 2.05) is 0 Å². The van der Waals surface area contributed by atoms with Crippen LogP contribution < -0.4 is 5.32 Å². The Labute approximate surface area is 64.2 Å². The molecule has 0 bridgehead atoms. The van der Waals surface area contributed by atoms with Crippen LogP contribution in [0.15, 0.2) is 0 Å². The molecular formula is C7H11NO3. The van der Waals surface area contributed by atoms with Crippen LogP contribution in [0.4, 0.5) is 4.79 Å². The Kier molecular flexibility index (Phi) is 1.32. The van der Waals surface area contributed by atoms with Gasteiger partial charge in [-0.15, -0.1) is 0 Å². The van der Waals surface area contributed by atoms with Gasteiger partial charge < -0.3 is 15.5 Å². The molecule has 11 heavy (non-hydrogen) atoms. The molecule has 2 atom stereocenters. The molecule has 0 aromatic carbocycles. The van der Waals surface area contributed by atoms with E-state index in [-0.39, 0.29) is 12.1 Å². The maximum absolute atomic E-state index is 10.2. The summed E-state index contributed by atoms with van der Waals surface area (Å²) >= 11 is 0. The number of aliphatic hydroxyl groups excluding tert-OH is 1. The van der Waals surface area contributed by atoms with Crippen molar-refractivity contribution in [1.29, 1.82) is 0 Å². The number of carboxylic acid groups (broad SMARTS) is 1. The minimum atomic E-state index is -0.945. The zero-order valence-electron chi connectivity index (χ0n) is 6.03. The second kappa shape index (κ2) is 2.11. The molecule has 2 aliphatic carbocycles. The number of amides is 1. The van der Waals surface area contributed by atoms with E-state index < -0.39 is 6.09 Å². The molecule has 0 aromatic heterocycles. The third kappa shape index (κ3) is 1.07. The predicted molar refractivity (Wildman–Crippen MR) is 37.2 cm³/mol. The number of aliphatic hydroxyl groups is 1. The van der Waals surface area contributed by atoms with Gasteiger partial charge in [-0.25, -0.2) is 4.79 Å². The lowest BCUT2D eigenvalue weighted by Crippen LogP contribution is -2.28. The third-order valence-corrected chi connectivity index (χ3v) is 2.71. The molecule has 2 aliphatic rings. The van der Waals surface area contributed by atoms with Crippen LogP contribution in [0.25, 0.3) is 0 Å². The summed E-state index contributed by atoms with van der Waals surface area (Å²) in [7, 11) is 0. The summed E-state index contributed by atoms with van der Waals surface area (Å²) in [5.74, 6) is 0.835. The van der Waals surface area contributed by atoms with Gasteiger partial charge in [0.25, 0.3) is 0 Å². The molecule has 4 nitrogen and oxygen atoms in total. The van der Waals surface area contributed by atoms with Gasteiger partial charge in [0.15, 0.2) is 0 Å². The minimum Gasteiger partial charge on any atom is -0.465 e. The number of nitrogens with one attached hydrogen (secondary N) is 1. The topological polar surface area (TPSA) is 69.6 Å². The standard InChI is InChI=1S/C7H11NO3/c9-3-1-4-5(2-3)6(4)8-7(10)11/h3-6,8-9H,1-2H2,(H,10,11). The van der Waals surface area contributed by atoms with Crippen molar-refractivity contribution in [2.45, 2.75) is 25.0 Å². The number of fused-ring (bicyclic) bond motifs is 1. The van der Waals surface area contributed by atoms with E-state index in [1.165, 1.54) is 0 Å². The first-order valence-corrected chi connectivity index (χ1v) is 3.86. The fourth-order valence-electron chi connectivity index (χ4n) is 2.17. The molecule has 62 valence electrons. The normalized spacial score (nSPS) is 46.6. The molecule has 2 unspecified atom stereocenters. The molecule has 3 N–H and O–H groups in total. The zero-order chi connectivity index (χ0) is 8.01. The summed E-state index contributed by atoms with van der Waals surface area (Å²) < 4.78 is 0. The lowest BCUT2D eigenvalue weighted by atomic mass is 10.2. The van der Waals surface area contributed by atoms with Crippen LogP contribution in [0.3, 0.4) is 0 Å². The summed E-state index contributed by atoms with van der Waals surface area (Å²) in [6.45, 7) is 0. The van der Waals surface area contributed by atoms with Gasteiger partial charge in [0.2, 0.25) is 0 Å². The first-order valence-electron chi connectivity index (χ1n) is 3.86. The van der Waals surface area contributed by atoms with E-state index in [1.54, 1.807) is 0 Å². The summed E-state index contributed by atoms with van der Waals surface area (Å²) in [6.07, 6.45) is 0.418. The van der Waals surface area contributed by atoms with Crippen molar-refractivity contribution in [3.63, 3.8) is 0 Å². The molecule has 0 radical (unpaired) electrons. The zero-order valence-corrected chi connectivity index (χ0v) is 6.03. The maximum atomic E-state index is 10.2. The molecule has 1 amide bonds. The van der Waals surface area contributed by atoms with E-state index >= 15 is 0 Å². The first kappa shape index (κ1) is 6.91. The Hall–Kier alpha value is -0.770. The lowest BCUT2D eigenvalue weighted by Gasteiger charge is -2.06. The number of rotatable bonds is 1.